The molecule has 0 bridgehead atoms. The standard InChI is InChI=1S/C9H20O4/c1-12-9(13-2,5-3-7-10)6-4-8-11/h10-11H,3-8H2,1-2H3. The maximum absolute atomic E-state index is 8.69. The summed E-state index contributed by atoms with van der Waals surface area (Å²) in [5.41, 5.74) is 0. The smallest absolute Gasteiger partial charge is 0.167 e. The van der Waals surface area contributed by atoms with Crippen LogP contribution in [-0.2, 0) is 9.47 Å². The van der Waals surface area contributed by atoms with Crippen molar-refractivity contribution in [2.45, 2.75) is 31.5 Å². The van der Waals surface area contributed by atoms with E-state index in [1.54, 1.807) is 14.2 Å². The second-order valence-electron chi connectivity index (χ2n) is 2.97. The van der Waals surface area contributed by atoms with Gasteiger partial charge in [0.05, 0.1) is 0 Å². The lowest BCUT2D eigenvalue weighted by atomic mass is 10.0. The van der Waals surface area contributed by atoms with Gasteiger partial charge in [0, 0.05) is 40.3 Å². The second kappa shape index (κ2) is 7.26. The Balaban J connectivity index is 3.97. The Morgan fingerprint density at radius 2 is 1.31 bits per heavy atom. The van der Waals surface area contributed by atoms with Crippen LogP contribution >= 0.6 is 0 Å². The predicted octanol–water partition coefficient (Wildman–Crippen LogP) is 0.521. The van der Waals surface area contributed by atoms with Gasteiger partial charge in [-0.2, -0.15) is 0 Å². The minimum absolute atomic E-state index is 0.133. The normalized spacial score (nSPS) is 12.0. The van der Waals surface area contributed by atoms with E-state index in [-0.39, 0.29) is 13.2 Å². The number of hydrogen-bond acceptors (Lipinski definition) is 4. The Morgan fingerprint density at radius 3 is 1.54 bits per heavy atom. The van der Waals surface area contributed by atoms with Crippen LogP contribution in [0.15, 0.2) is 0 Å². The molecule has 0 rings (SSSR count). The highest BCUT2D eigenvalue weighted by molar-refractivity contribution is 4.68. The molecule has 0 saturated heterocycles. The minimum Gasteiger partial charge on any atom is -0.396 e. The molecule has 0 radical (unpaired) electrons. The average molecular weight is 192 g/mol. The molecule has 0 fully saturated rings. The quantitative estimate of drug-likeness (QED) is 0.550. The van der Waals surface area contributed by atoms with Crippen LogP contribution in [0.5, 0.6) is 0 Å². The molecular formula is C9H20O4. The topological polar surface area (TPSA) is 58.9 Å². The van der Waals surface area contributed by atoms with Gasteiger partial charge < -0.3 is 19.7 Å². The zero-order valence-corrected chi connectivity index (χ0v) is 8.45. The molecule has 4 nitrogen and oxygen atoms in total. The average Bonchev–Trinajstić information content (AvgIpc) is 2.20. The molecule has 0 atom stereocenters. The second-order valence-corrected chi connectivity index (χ2v) is 2.97. The molecule has 0 aromatic carbocycles. The van der Waals surface area contributed by atoms with Crippen molar-refractivity contribution in [1.82, 2.24) is 0 Å². The lowest BCUT2D eigenvalue weighted by Gasteiger charge is -2.30. The van der Waals surface area contributed by atoms with E-state index in [9.17, 15) is 0 Å². The van der Waals surface area contributed by atoms with Gasteiger partial charge in [-0.15, -0.1) is 0 Å². The van der Waals surface area contributed by atoms with Crippen molar-refractivity contribution in [2.75, 3.05) is 27.4 Å². The fraction of sp³-hybridized carbons (Fsp3) is 1.00. The third-order valence-electron chi connectivity index (χ3n) is 2.18. The molecule has 0 aliphatic rings. The first-order chi connectivity index (χ1) is 6.24. The van der Waals surface area contributed by atoms with E-state index in [0.29, 0.717) is 25.7 Å². The molecule has 4 heteroatoms. The third kappa shape index (κ3) is 4.57. The monoisotopic (exact) mass is 192 g/mol. The van der Waals surface area contributed by atoms with Crippen LogP contribution in [0.1, 0.15) is 25.7 Å². The van der Waals surface area contributed by atoms with E-state index in [2.05, 4.69) is 0 Å². The van der Waals surface area contributed by atoms with Crippen LogP contribution in [0.3, 0.4) is 0 Å². The summed E-state index contributed by atoms with van der Waals surface area (Å²) in [4.78, 5) is 0. The summed E-state index contributed by atoms with van der Waals surface area (Å²) in [6, 6.07) is 0. The number of rotatable bonds is 8. The number of hydrogen-bond donors (Lipinski definition) is 2. The van der Waals surface area contributed by atoms with E-state index < -0.39 is 5.79 Å². The molecule has 0 saturated carbocycles. The van der Waals surface area contributed by atoms with Crippen LogP contribution in [0.25, 0.3) is 0 Å². The highest BCUT2D eigenvalue weighted by Gasteiger charge is 2.27. The van der Waals surface area contributed by atoms with Crippen molar-refractivity contribution < 1.29 is 19.7 Å². The summed E-state index contributed by atoms with van der Waals surface area (Å²) in [6.07, 6.45) is 2.59. The van der Waals surface area contributed by atoms with Crippen molar-refractivity contribution in [3.05, 3.63) is 0 Å². The summed E-state index contributed by atoms with van der Waals surface area (Å²) in [7, 11) is 3.16. The number of aliphatic hydroxyl groups excluding tert-OH is 2. The van der Waals surface area contributed by atoms with E-state index in [4.69, 9.17) is 19.7 Å². The molecule has 0 spiro atoms. The van der Waals surface area contributed by atoms with Crippen LogP contribution in [0.2, 0.25) is 0 Å². The number of ether oxygens (including phenoxy) is 2. The third-order valence-corrected chi connectivity index (χ3v) is 2.18. The predicted molar refractivity (Wildman–Crippen MR) is 49.4 cm³/mol. The van der Waals surface area contributed by atoms with E-state index in [1.165, 1.54) is 0 Å². The Bertz CT molecular complexity index is 102. The van der Waals surface area contributed by atoms with Gasteiger partial charge in [0.25, 0.3) is 0 Å². The number of aliphatic hydroxyl groups is 2. The zero-order valence-electron chi connectivity index (χ0n) is 8.45. The fourth-order valence-electron chi connectivity index (χ4n) is 1.31. The maximum atomic E-state index is 8.69. The van der Waals surface area contributed by atoms with E-state index in [0.717, 1.165) is 0 Å². The van der Waals surface area contributed by atoms with Crippen LogP contribution in [0.4, 0.5) is 0 Å². The maximum Gasteiger partial charge on any atom is 0.167 e. The Kier molecular flexibility index (Phi) is 7.17. The van der Waals surface area contributed by atoms with Crippen LogP contribution in [0, 0.1) is 0 Å². The van der Waals surface area contributed by atoms with Crippen LogP contribution in [-0.4, -0.2) is 43.4 Å². The first kappa shape index (κ1) is 12.8. The molecule has 0 unspecified atom stereocenters. The van der Waals surface area contributed by atoms with Gasteiger partial charge in [0.1, 0.15) is 0 Å². The largest absolute Gasteiger partial charge is 0.396 e. The van der Waals surface area contributed by atoms with Crippen molar-refractivity contribution >= 4 is 0 Å². The van der Waals surface area contributed by atoms with Gasteiger partial charge in [-0.25, -0.2) is 0 Å². The molecule has 0 aromatic heterocycles. The molecular weight excluding hydrogens is 172 g/mol. The van der Waals surface area contributed by atoms with Gasteiger partial charge >= 0.3 is 0 Å². The highest BCUT2D eigenvalue weighted by Crippen LogP contribution is 2.23. The summed E-state index contributed by atoms with van der Waals surface area (Å²) >= 11 is 0. The molecule has 13 heavy (non-hydrogen) atoms. The molecule has 0 aromatic rings. The molecule has 0 heterocycles. The van der Waals surface area contributed by atoms with Gasteiger partial charge in [-0.05, 0) is 12.8 Å². The van der Waals surface area contributed by atoms with E-state index >= 15 is 0 Å². The first-order valence-electron chi connectivity index (χ1n) is 4.56. The zero-order chi connectivity index (χ0) is 10.2. The molecule has 80 valence electrons. The summed E-state index contributed by atoms with van der Waals surface area (Å²) in [5, 5.41) is 17.4. The van der Waals surface area contributed by atoms with Crippen molar-refractivity contribution in [3.8, 4) is 0 Å². The van der Waals surface area contributed by atoms with Gasteiger partial charge in [0.15, 0.2) is 5.79 Å². The SMILES string of the molecule is COC(CCCO)(CCCO)OC. The molecule has 0 aliphatic carbocycles. The minimum atomic E-state index is -0.633. The van der Waals surface area contributed by atoms with Gasteiger partial charge in [-0.1, -0.05) is 0 Å². The van der Waals surface area contributed by atoms with Crippen molar-refractivity contribution in [1.29, 1.82) is 0 Å². The Morgan fingerprint density at radius 1 is 0.923 bits per heavy atom. The molecule has 2 N–H and O–H groups in total. The van der Waals surface area contributed by atoms with Crippen molar-refractivity contribution in [3.63, 3.8) is 0 Å². The lowest BCUT2D eigenvalue weighted by Crippen LogP contribution is -2.34. The summed E-state index contributed by atoms with van der Waals surface area (Å²) in [6.45, 7) is 0.265. The Labute approximate surface area is 79.5 Å². The van der Waals surface area contributed by atoms with Crippen LogP contribution < -0.4 is 0 Å². The molecule has 0 aliphatic heterocycles. The fourth-order valence-corrected chi connectivity index (χ4v) is 1.31. The van der Waals surface area contributed by atoms with Gasteiger partial charge in [-0.3, -0.25) is 0 Å². The molecule has 0 amide bonds. The van der Waals surface area contributed by atoms with Crippen molar-refractivity contribution in [2.24, 2.45) is 0 Å². The Hall–Kier alpha value is -0.160. The summed E-state index contributed by atoms with van der Waals surface area (Å²) in [5.74, 6) is -0.633. The number of methoxy groups -OCH3 is 2. The van der Waals surface area contributed by atoms with E-state index in [1.807, 2.05) is 0 Å². The lowest BCUT2D eigenvalue weighted by molar-refractivity contribution is -0.217. The highest BCUT2D eigenvalue weighted by atomic mass is 16.7. The summed E-state index contributed by atoms with van der Waals surface area (Å²) < 4.78 is 10.5. The van der Waals surface area contributed by atoms with Gasteiger partial charge in [0.2, 0.25) is 0 Å². The first-order valence-corrected chi connectivity index (χ1v) is 4.56.